The van der Waals surface area contributed by atoms with Crippen molar-refractivity contribution in [1.29, 1.82) is 0 Å². The van der Waals surface area contributed by atoms with Gasteiger partial charge in [0.2, 0.25) is 0 Å². The molecule has 1 aliphatic rings. The minimum absolute atomic E-state index is 0.343. The van der Waals surface area contributed by atoms with E-state index in [4.69, 9.17) is 5.73 Å². The molecule has 0 atom stereocenters. The van der Waals surface area contributed by atoms with Gasteiger partial charge in [-0.2, -0.15) is 5.10 Å². The van der Waals surface area contributed by atoms with E-state index in [1.807, 2.05) is 6.92 Å². The standard InChI is InChI=1S/C15H28N4/c1-10(2)19-15(14(16)12(4)17-19)18(5)13-8-6-11(3)7-9-13/h10-11,13H,6-9,16H2,1-5H3. The summed E-state index contributed by atoms with van der Waals surface area (Å²) in [6.07, 6.45) is 5.17. The zero-order valence-electron chi connectivity index (χ0n) is 13.0. The minimum Gasteiger partial charge on any atom is -0.394 e. The third-order valence-electron chi connectivity index (χ3n) is 4.46. The highest BCUT2D eigenvalue weighted by atomic mass is 15.4. The second kappa shape index (κ2) is 5.43. The third kappa shape index (κ3) is 2.72. The molecule has 0 amide bonds. The number of nitrogens with two attached hydrogens (primary N) is 1. The molecular weight excluding hydrogens is 236 g/mol. The van der Waals surface area contributed by atoms with Crippen LogP contribution in [-0.2, 0) is 0 Å². The molecule has 2 rings (SSSR count). The average Bonchev–Trinajstić information content (AvgIpc) is 2.66. The van der Waals surface area contributed by atoms with Crippen LogP contribution in [0.3, 0.4) is 0 Å². The van der Waals surface area contributed by atoms with E-state index in [1.54, 1.807) is 0 Å². The van der Waals surface area contributed by atoms with Gasteiger partial charge < -0.3 is 10.6 Å². The van der Waals surface area contributed by atoms with E-state index in [0.717, 1.165) is 23.1 Å². The SMILES string of the molecule is Cc1nn(C(C)C)c(N(C)C2CCC(C)CC2)c1N. The summed E-state index contributed by atoms with van der Waals surface area (Å²) in [5.41, 5.74) is 8.04. The van der Waals surface area contributed by atoms with Gasteiger partial charge in [-0.25, -0.2) is 4.68 Å². The summed E-state index contributed by atoms with van der Waals surface area (Å²) in [5.74, 6) is 1.98. The van der Waals surface area contributed by atoms with Crippen LogP contribution in [0, 0.1) is 12.8 Å². The number of aryl methyl sites for hydroxylation is 1. The molecule has 4 heteroatoms. The van der Waals surface area contributed by atoms with Gasteiger partial charge in [-0.15, -0.1) is 0 Å². The molecule has 1 aliphatic carbocycles. The molecule has 108 valence electrons. The molecule has 2 N–H and O–H groups in total. The van der Waals surface area contributed by atoms with E-state index in [2.05, 4.69) is 42.5 Å². The maximum absolute atomic E-state index is 6.25. The van der Waals surface area contributed by atoms with E-state index in [-0.39, 0.29) is 0 Å². The molecule has 0 aliphatic heterocycles. The number of nitrogens with zero attached hydrogens (tertiary/aromatic N) is 3. The van der Waals surface area contributed by atoms with Crippen molar-refractivity contribution in [2.24, 2.45) is 5.92 Å². The Morgan fingerprint density at radius 3 is 2.37 bits per heavy atom. The number of rotatable bonds is 3. The van der Waals surface area contributed by atoms with E-state index in [0.29, 0.717) is 12.1 Å². The molecular formula is C15H28N4. The Morgan fingerprint density at radius 1 is 1.26 bits per heavy atom. The summed E-state index contributed by atoms with van der Waals surface area (Å²) < 4.78 is 2.07. The van der Waals surface area contributed by atoms with Gasteiger partial charge >= 0.3 is 0 Å². The fraction of sp³-hybridized carbons (Fsp3) is 0.800. The summed E-state index contributed by atoms with van der Waals surface area (Å²) in [6, 6.07) is 0.947. The maximum atomic E-state index is 6.25. The quantitative estimate of drug-likeness (QED) is 0.910. The summed E-state index contributed by atoms with van der Waals surface area (Å²) in [7, 11) is 2.17. The molecule has 0 spiro atoms. The Bertz CT molecular complexity index is 428. The van der Waals surface area contributed by atoms with Crippen LogP contribution in [0.2, 0.25) is 0 Å². The fourth-order valence-electron chi connectivity index (χ4n) is 3.06. The van der Waals surface area contributed by atoms with Crippen LogP contribution in [0.5, 0.6) is 0 Å². The topological polar surface area (TPSA) is 47.1 Å². The highest BCUT2D eigenvalue weighted by Gasteiger charge is 2.26. The molecule has 0 saturated heterocycles. The van der Waals surface area contributed by atoms with Crippen LogP contribution in [-0.4, -0.2) is 22.9 Å². The predicted molar refractivity (Wildman–Crippen MR) is 81.6 cm³/mol. The normalized spacial score (nSPS) is 23.9. The molecule has 4 nitrogen and oxygen atoms in total. The smallest absolute Gasteiger partial charge is 0.150 e. The maximum Gasteiger partial charge on any atom is 0.150 e. The first-order valence-corrected chi connectivity index (χ1v) is 7.49. The highest BCUT2D eigenvalue weighted by molar-refractivity contribution is 5.66. The van der Waals surface area contributed by atoms with Crippen molar-refractivity contribution in [2.75, 3.05) is 17.7 Å². The fourth-order valence-corrected chi connectivity index (χ4v) is 3.06. The number of aromatic nitrogens is 2. The third-order valence-corrected chi connectivity index (χ3v) is 4.46. The molecule has 1 fully saturated rings. The van der Waals surface area contributed by atoms with Gasteiger partial charge in [0.1, 0.15) is 0 Å². The van der Waals surface area contributed by atoms with Crippen molar-refractivity contribution in [1.82, 2.24) is 9.78 Å². The second-order valence-electron chi connectivity index (χ2n) is 6.39. The monoisotopic (exact) mass is 264 g/mol. The summed E-state index contributed by atoms with van der Waals surface area (Å²) >= 11 is 0. The van der Waals surface area contributed by atoms with Gasteiger partial charge in [0, 0.05) is 19.1 Å². The molecule has 19 heavy (non-hydrogen) atoms. The first-order valence-electron chi connectivity index (χ1n) is 7.49. The minimum atomic E-state index is 0.343. The lowest BCUT2D eigenvalue weighted by Crippen LogP contribution is -2.36. The molecule has 0 bridgehead atoms. The Balaban J connectivity index is 2.25. The number of hydrogen-bond donors (Lipinski definition) is 1. The molecule has 0 aromatic carbocycles. The number of anilines is 2. The Hall–Kier alpha value is -1.19. The highest BCUT2D eigenvalue weighted by Crippen LogP contribution is 2.34. The van der Waals surface area contributed by atoms with Gasteiger partial charge in [0.05, 0.1) is 11.4 Å². The molecule has 0 unspecified atom stereocenters. The zero-order chi connectivity index (χ0) is 14.2. The molecule has 1 heterocycles. The van der Waals surface area contributed by atoms with Crippen LogP contribution in [0.4, 0.5) is 11.5 Å². The van der Waals surface area contributed by atoms with Crippen molar-refractivity contribution < 1.29 is 0 Å². The Morgan fingerprint density at radius 2 is 1.84 bits per heavy atom. The Kier molecular flexibility index (Phi) is 4.07. The van der Waals surface area contributed by atoms with E-state index >= 15 is 0 Å². The van der Waals surface area contributed by atoms with Crippen LogP contribution < -0.4 is 10.6 Å². The first-order chi connectivity index (χ1) is 8.91. The van der Waals surface area contributed by atoms with E-state index < -0.39 is 0 Å². The number of hydrogen-bond acceptors (Lipinski definition) is 3. The van der Waals surface area contributed by atoms with Crippen molar-refractivity contribution in [3.05, 3.63) is 5.69 Å². The van der Waals surface area contributed by atoms with Crippen molar-refractivity contribution in [3.8, 4) is 0 Å². The predicted octanol–water partition coefficient (Wildman–Crippen LogP) is 3.37. The van der Waals surface area contributed by atoms with Crippen molar-refractivity contribution in [3.63, 3.8) is 0 Å². The second-order valence-corrected chi connectivity index (χ2v) is 6.39. The van der Waals surface area contributed by atoms with Crippen LogP contribution in [0.1, 0.15) is 58.2 Å². The van der Waals surface area contributed by atoms with Crippen LogP contribution in [0.15, 0.2) is 0 Å². The summed E-state index contributed by atoms with van der Waals surface area (Å²) in [4.78, 5) is 2.36. The summed E-state index contributed by atoms with van der Waals surface area (Å²) in [5, 5.41) is 4.59. The molecule has 1 saturated carbocycles. The Labute approximate surface area is 117 Å². The van der Waals surface area contributed by atoms with Crippen LogP contribution in [0.25, 0.3) is 0 Å². The summed E-state index contributed by atoms with van der Waals surface area (Å²) in [6.45, 7) is 8.67. The van der Waals surface area contributed by atoms with Gasteiger partial charge in [0.15, 0.2) is 5.82 Å². The largest absolute Gasteiger partial charge is 0.394 e. The van der Waals surface area contributed by atoms with Crippen molar-refractivity contribution >= 4 is 11.5 Å². The molecule has 1 aromatic rings. The molecule has 1 aromatic heterocycles. The van der Waals surface area contributed by atoms with Gasteiger partial charge in [-0.1, -0.05) is 6.92 Å². The van der Waals surface area contributed by atoms with E-state index in [9.17, 15) is 0 Å². The lowest BCUT2D eigenvalue weighted by molar-refractivity contribution is 0.337. The first kappa shape index (κ1) is 14.2. The lowest BCUT2D eigenvalue weighted by Gasteiger charge is -2.35. The van der Waals surface area contributed by atoms with Gasteiger partial charge in [-0.3, -0.25) is 0 Å². The van der Waals surface area contributed by atoms with E-state index in [1.165, 1.54) is 25.7 Å². The van der Waals surface area contributed by atoms with Crippen molar-refractivity contribution in [2.45, 2.75) is 65.5 Å². The average molecular weight is 264 g/mol. The lowest BCUT2D eigenvalue weighted by atomic mass is 9.87. The molecule has 0 radical (unpaired) electrons. The zero-order valence-corrected chi connectivity index (χ0v) is 13.0. The number of nitrogen functional groups attached to an aromatic ring is 1. The van der Waals surface area contributed by atoms with Crippen LogP contribution >= 0.6 is 0 Å². The van der Waals surface area contributed by atoms with Gasteiger partial charge in [0.25, 0.3) is 0 Å². The van der Waals surface area contributed by atoms with Gasteiger partial charge in [-0.05, 0) is 52.4 Å².